The van der Waals surface area contributed by atoms with E-state index in [1.807, 2.05) is 30.3 Å². The molecule has 0 unspecified atom stereocenters. The second kappa shape index (κ2) is 9.03. The third-order valence-corrected chi connectivity index (χ3v) is 3.64. The van der Waals surface area contributed by atoms with Gasteiger partial charge in [-0.25, -0.2) is 4.39 Å². The monoisotopic (exact) mass is 348 g/mol. The van der Waals surface area contributed by atoms with E-state index >= 15 is 0 Å². The van der Waals surface area contributed by atoms with Crippen LogP contribution in [0.3, 0.4) is 0 Å². The Balaban J connectivity index is 1.69. The molecule has 0 heterocycles. The van der Waals surface area contributed by atoms with Crippen LogP contribution in [-0.4, -0.2) is 18.4 Å². The van der Waals surface area contributed by atoms with Crippen LogP contribution < -0.4 is 10.6 Å². The fraction of sp³-hybridized carbons (Fsp3) is 0.222. The molecule has 4 nitrogen and oxygen atoms in total. The number of aryl methyl sites for hydroxylation is 1. The Labute approximate surface area is 145 Å². The SMILES string of the molecule is O=C(NCCCCc1ccccc1)C(=O)Nc1ccc(Cl)cc1F. The Hall–Kier alpha value is -2.40. The molecule has 0 spiro atoms. The molecule has 2 N–H and O–H groups in total. The maximum absolute atomic E-state index is 13.6. The van der Waals surface area contributed by atoms with E-state index in [2.05, 4.69) is 10.6 Å². The summed E-state index contributed by atoms with van der Waals surface area (Å²) in [6.07, 6.45) is 2.57. The second-order valence-corrected chi connectivity index (χ2v) is 5.71. The average molecular weight is 349 g/mol. The number of nitrogens with one attached hydrogen (secondary N) is 2. The number of hydrogen-bond donors (Lipinski definition) is 2. The molecule has 0 atom stereocenters. The molecule has 0 aromatic heterocycles. The minimum atomic E-state index is -0.903. The molecular weight excluding hydrogens is 331 g/mol. The first-order chi connectivity index (χ1) is 11.6. The zero-order valence-electron chi connectivity index (χ0n) is 13.0. The van der Waals surface area contributed by atoms with Gasteiger partial charge in [-0.1, -0.05) is 41.9 Å². The highest BCUT2D eigenvalue weighted by Crippen LogP contribution is 2.18. The van der Waals surface area contributed by atoms with Crippen molar-refractivity contribution in [1.29, 1.82) is 0 Å². The van der Waals surface area contributed by atoms with E-state index < -0.39 is 17.6 Å². The molecule has 24 heavy (non-hydrogen) atoms. The van der Waals surface area contributed by atoms with Gasteiger partial charge in [0.1, 0.15) is 5.82 Å². The van der Waals surface area contributed by atoms with Crippen molar-refractivity contribution in [3.63, 3.8) is 0 Å². The van der Waals surface area contributed by atoms with Gasteiger partial charge in [0.15, 0.2) is 0 Å². The first kappa shape index (κ1) is 17.9. The van der Waals surface area contributed by atoms with E-state index in [9.17, 15) is 14.0 Å². The van der Waals surface area contributed by atoms with E-state index in [0.29, 0.717) is 6.54 Å². The lowest BCUT2D eigenvalue weighted by Gasteiger charge is -2.07. The molecule has 6 heteroatoms. The van der Waals surface area contributed by atoms with Gasteiger partial charge < -0.3 is 10.6 Å². The lowest BCUT2D eigenvalue weighted by Crippen LogP contribution is -2.36. The summed E-state index contributed by atoms with van der Waals surface area (Å²) in [5.41, 5.74) is 1.16. The fourth-order valence-corrected chi connectivity index (χ4v) is 2.31. The van der Waals surface area contributed by atoms with Crippen molar-refractivity contribution in [1.82, 2.24) is 5.32 Å². The molecular formula is C18H18ClFN2O2. The van der Waals surface area contributed by atoms with Gasteiger partial charge in [0.2, 0.25) is 0 Å². The smallest absolute Gasteiger partial charge is 0.313 e. The summed E-state index contributed by atoms with van der Waals surface area (Å²) in [4.78, 5) is 23.4. The number of anilines is 1. The van der Waals surface area contributed by atoms with E-state index in [4.69, 9.17) is 11.6 Å². The highest BCUT2D eigenvalue weighted by Gasteiger charge is 2.15. The number of carbonyl (C=O) groups is 2. The molecule has 0 aliphatic rings. The number of rotatable bonds is 6. The van der Waals surface area contributed by atoms with Gasteiger partial charge in [-0.2, -0.15) is 0 Å². The topological polar surface area (TPSA) is 58.2 Å². The van der Waals surface area contributed by atoms with Crippen molar-refractivity contribution < 1.29 is 14.0 Å². The highest BCUT2D eigenvalue weighted by molar-refractivity contribution is 6.39. The standard InChI is InChI=1S/C18H18ClFN2O2/c19-14-9-10-16(15(20)12-14)22-18(24)17(23)21-11-5-4-8-13-6-2-1-3-7-13/h1-3,6-7,9-10,12H,4-5,8,11H2,(H,21,23)(H,22,24). The minimum Gasteiger partial charge on any atom is -0.348 e. The van der Waals surface area contributed by atoms with Gasteiger partial charge in [-0.05, 0) is 43.0 Å². The molecule has 2 aromatic rings. The number of unbranched alkanes of at least 4 members (excludes halogenated alkanes) is 1. The van der Waals surface area contributed by atoms with E-state index in [1.54, 1.807) is 0 Å². The van der Waals surface area contributed by atoms with Crippen LogP contribution in [0, 0.1) is 5.82 Å². The number of carbonyl (C=O) groups excluding carboxylic acids is 2. The molecule has 0 saturated heterocycles. The number of halogens is 2. The van der Waals surface area contributed by atoms with Crippen LogP contribution in [0.1, 0.15) is 18.4 Å². The number of hydrogen-bond acceptors (Lipinski definition) is 2. The van der Waals surface area contributed by atoms with Crippen molar-refractivity contribution in [2.45, 2.75) is 19.3 Å². The molecule has 0 aliphatic heterocycles. The van der Waals surface area contributed by atoms with Gasteiger partial charge in [0.05, 0.1) is 5.69 Å². The van der Waals surface area contributed by atoms with E-state index in [1.165, 1.54) is 17.7 Å². The van der Waals surface area contributed by atoms with E-state index in [-0.39, 0.29) is 10.7 Å². The third kappa shape index (κ3) is 5.66. The van der Waals surface area contributed by atoms with Gasteiger partial charge in [0.25, 0.3) is 0 Å². The van der Waals surface area contributed by atoms with Crippen molar-refractivity contribution in [2.24, 2.45) is 0 Å². The Morgan fingerprint density at radius 3 is 2.46 bits per heavy atom. The Bertz CT molecular complexity index is 707. The molecule has 2 rings (SSSR count). The van der Waals surface area contributed by atoms with Crippen LogP contribution in [-0.2, 0) is 16.0 Å². The first-order valence-corrected chi connectivity index (χ1v) is 8.02. The number of amides is 2. The molecule has 0 saturated carbocycles. The molecule has 0 radical (unpaired) electrons. The maximum atomic E-state index is 13.6. The van der Waals surface area contributed by atoms with Gasteiger partial charge in [-0.3, -0.25) is 9.59 Å². The predicted molar refractivity (Wildman–Crippen MR) is 92.4 cm³/mol. The third-order valence-electron chi connectivity index (χ3n) is 3.41. The van der Waals surface area contributed by atoms with Gasteiger partial charge >= 0.3 is 11.8 Å². The maximum Gasteiger partial charge on any atom is 0.313 e. The quantitative estimate of drug-likeness (QED) is 0.619. The highest BCUT2D eigenvalue weighted by atomic mass is 35.5. The largest absolute Gasteiger partial charge is 0.348 e. The van der Waals surface area contributed by atoms with Crippen LogP contribution in [0.25, 0.3) is 0 Å². The fourth-order valence-electron chi connectivity index (χ4n) is 2.15. The Kier molecular flexibility index (Phi) is 6.75. The van der Waals surface area contributed by atoms with Crippen molar-refractivity contribution >= 4 is 29.1 Å². The molecule has 0 bridgehead atoms. The molecule has 0 fully saturated rings. The van der Waals surface area contributed by atoms with Crippen LogP contribution >= 0.6 is 11.6 Å². The zero-order chi connectivity index (χ0) is 17.4. The summed E-state index contributed by atoms with van der Waals surface area (Å²) in [6, 6.07) is 13.8. The van der Waals surface area contributed by atoms with Crippen LogP contribution in [0.15, 0.2) is 48.5 Å². The summed E-state index contributed by atoms with van der Waals surface area (Å²) in [5, 5.41) is 4.96. The second-order valence-electron chi connectivity index (χ2n) is 5.28. The summed E-state index contributed by atoms with van der Waals surface area (Å²) in [7, 11) is 0. The molecule has 0 aliphatic carbocycles. The van der Waals surface area contributed by atoms with Crippen molar-refractivity contribution in [3.8, 4) is 0 Å². The van der Waals surface area contributed by atoms with Gasteiger partial charge in [0, 0.05) is 11.6 Å². The van der Waals surface area contributed by atoms with Crippen LogP contribution in [0.4, 0.5) is 10.1 Å². The number of benzene rings is 2. The summed E-state index contributed by atoms with van der Waals surface area (Å²) in [6.45, 7) is 0.391. The van der Waals surface area contributed by atoms with Gasteiger partial charge in [-0.15, -0.1) is 0 Å². The molecule has 126 valence electrons. The van der Waals surface area contributed by atoms with Crippen LogP contribution in [0.5, 0.6) is 0 Å². The minimum absolute atomic E-state index is 0.0800. The van der Waals surface area contributed by atoms with E-state index in [0.717, 1.165) is 25.3 Å². The summed E-state index contributed by atoms with van der Waals surface area (Å²) < 4.78 is 13.6. The normalized spacial score (nSPS) is 10.2. The van der Waals surface area contributed by atoms with Crippen molar-refractivity contribution in [3.05, 3.63) is 64.9 Å². The Morgan fingerprint density at radius 1 is 1.00 bits per heavy atom. The lowest BCUT2D eigenvalue weighted by molar-refractivity contribution is -0.136. The predicted octanol–water partition coefficient (Wildman–Crippen LogP) is 3.56. The van der Waals surface area contributed by atoms with Crippen molar-refractivity contribution in [2.75, 3.05) is 11.9 Å². The lowest BCUT2D eigenvalue weighted by atomic mass is 10.1. The summed E-state index contributed by atoms with van der Waals surface area (Å²) in [5.74, 6) is -2.38. The molecule has 2 aromatic carbocycles. The zero-order valence-corrected chi connectivity index (χ0v) is 13.8. The average Bonchev–Trinajstić information content (AvgIpc) is 2.57. The first-order valence-electron chi connectivity index (χ1n) is 7.64. The van der Waals surface area contributed by atoms with Crippen LogP contribution in [0.2, 0.25) is 5.02 Å². The molecule has 2 amide bonds. The Morgan fingerprint density at radius 2 is 1.75 bits per heavy atom. The summed E-state index contributed by atoms with van der Waals surface area (Å²) >= 11 is 5.63.